The van der Waals surface area contributed by atoms with Gasteiger partial charge in [0.25, 0.3) is 0 Å². The third-order valence-electron chi connectivity index (χ3n) is 7.65. The number of fused-ring (bicyclic) bond motifs is 5. The Balaban J connectivity index is 1.37. The van der Waals surface area contributed by atoms with Gasteiger partial charge < -0.3 is 5.32 Å². The topological polar surface area (TPSA) is 29.3 Å². The molecule has 7 aromatic rings. The van der Waals surface area contributed by atoms with E-state index in [2.05, 4.69) is 149 Å². The van der Waals surface area contributed by atoms with E-state index in [9.17, 15) is 0 Å². The van der Waals surface area contributed by atoms with Gasteiger partial charge in [-0.3, -0.25) is 4.57 Å². The summed E-state index contributed by atoms with van der Waals surface area (Å²) in [5.74, 6) is 0.834. The molecule has 5 aromatic carbocycles. The van der Waals surface area contributed by atoms with Gasteiger partial charge in [0.15, 0.2) is 0 Å². The molecule has 3 heterocycles. The highest BCUT2D eigenvalue weighted by Crippen LogP contribution is 2.42. The molecule has 1 aliphatic rings. The molecule has 40 heavy (non-hydrogen) atoms. The standard InChI is InChI=1S/C36H25N3S/c1-4-12-24(13-5-1)29-23-30(25-14-6-2-7-15-25)38-36(37-29)39-31-19-11-10-18-28(31)34-32(39)21-20-27-22-33(40-35(27)34)26-16-8-3-9-17-26/h1-23,29H,(H,37,38). The van der Waals surface area contributed by atoms with Crippen molar-refractivity contribution in [3.63, 3.8) is 0 Å². The second kappa shape index (κ2) is 9.37. The van der Waals surface area contributed by atoms with E-state index in [1.54, 1.807) is 0 Å². The quantitative estimate of drug-likeness (QED) is 0.242. The van der Waals surface area contributed by atoms with Gasteiger partial charge in [0.2, 0.25) is 5.96 Å². The lowest BCUT2D eigenvalue weighted by molar-refractivity contribution is 0.860. The van der Waals surface area contributed by atoms with Gasteiger partial charge in [0, 0.05) is 26.0 Å². The number of hydrogen-bond donors (Lipinski definition) is 1. The van der Waals surface area contributed by atoms with Crippen molar-refractivity contribution in [3.05, 3.63) is 151 Å². The van der Waals surface area contributed by atoms with Gasteiger partial charge in [-0.25, -0.2) is 4.99 Å². The molecule has 0 spiro atoms. The molecule has 0 saturated carbocycles. The molecule has 8 rings (SSSR count). The molecule has 1 atom stereocenters. The number of nitrogens with one attached hydrogen (secondary N) is 1. The van der Waals surface area contributed by atoms with Crippen molar-refractivity contribution in [3.8, 4) is 10.4 Å². The van der Waals surface area contributed by atoms with Crippen LogP contribution in [-0.4, -0.2) is 10.5 Å². The molecule has 0 radical (unpaired) electrons. The van der Waals surface area contributed by atoms with Crippen LogP contribution in [0.3, 0.4) is 0 Å². The highest BCUT2D eigenvalue weighted by Gasteiger charge is 2.23. The summed E-state index contributed by atoms with van der Waals surface area (Å²) in [5, 5.41) is 7.49. The zero-order chi connectivity index (χ0) is 26.5. The van der Waals surface area contributed by atoms with Crippen molar-refractivity contribution in [2.24, 2.45) is 4.99 Å². The number of aliphatic imine (C=N–C) groups is 1. The van der Waals surface area contributed by atoms with Crippen molar-refractivity contribution < 1.29 is 0 Å². The number of thiophene rings is 1. The van der Waals surface area contributed by atoms with E-state index in [0.717, 1.165) is 28.3 Å². The van der Waals surface area contributed by atoms with E-state index < -0.39 is 0 Å². The van der Waals surface area contributed by atoms with Crippen LogP contribution in [0.25, 0.3) is 48.0 Å². The van der Waals surface area contributed by atoms with Crippen LogP contribution >= 0.6 is 11.3 Å². The average molecular weight is 532 g/mol. The SMILES string of the molecule is C1=C(c2ccccc2)NC(n2c3ccccc3c3c4sc(-c5ccccc5)cc4ccc32)=NC1c1ccccc1. The largest absolute Gasteiger partial charge is 0.325 e. The van der Waals surface area contributed by atoms with Gasteiger partial charge >= 0.3 is 0 Å². The first-order valence-corrected chi connectivity index (χ1v) is 14.3. The normalized spacial score (nSPS) is 15.2. The third kappa shape index (κ3) is 3.76. The predicted molar refractivity (Wildman–Crippen MR) is 170 cm³/mol. The molecular formula is C36H25N3S. The number of benzene rings is 5. The number of aromatic nitrogens is 1. The number of rotatable bonds is 3. The van der Waals surface area contributed by atoms with Gasteiger partial charge in [-0.05, 0) is 46.4 Å². The summed E-state index contributed by atoms with van der Waals surface area (Å²) in [6.07, 6.45) is 2.23. The van der Waals surface area contributed by atoms with Crippen LogP contribution in [0.5, 0.6) is 0 Å². The van der Waals surface area contributed by atoms with E-state index in [0.29, 0.717) is 0 Å². The molecular weight excluding hydrogens is 506 g/mol. The maximum atomic E-state index is 5.30. The lowest BCUT2D eigenvalue weighted by Gasteiger charge is -2.24. The molecule has 0 saturated heterocycles. The Hall–Kier alpha value is -4.93. The second-order valence-corrected chi connectivity index (χ2v) is 11.1. The summed E-state index contributed by atoms with van der Waals surface area (Å²) in [6.45, 7) is 0. The first kappa shape index (κ1) is 23.0. The highest BCUT2D eigenvalue weighted by molar-refractivity contribution is 7.23. The maximum Gasteiger partial charge on any atom is 0.208 e. The van der Waals surface area contributed by atoms with Gasteiger partial charge in [-0.2, -0.15) is 0 Å². The Labute approximate surface area is 236 Å². The minimum Gasteiger partial charge on any atom is -0.325 e. The predicted octanol–water partition coefficient (Wildman–Crippen LogP) is 9.27. The van der Waals surface area contributed by atoms with Crippen LogP contribution in [-0.2, 0) is 0 Å². The van der Waals surface area contributed by atoms with Crippen molar-refractivity contribution in [2.75, 3.05) is 0 Å². The van der Waals surface area contributed by atoms with E-state index in [4.69, 9.17) is 4.99 Å². The zero-order valence-corrected chi connectivity index (χ0v) is 22.5. The molecule has 1 aliphatic heterocycles. The minimum absolute atomic E-state index is 0.0981. The van der Waals surface area contributed by atoms with E-state index in [-0.39, 0.29) is 6.04 Å². The summed E-state index contributed by atoms with van der Waals surface area (Å²) in [7, 11) is 0. The third-order valence-corrected chi connectivity index (χ3v) is 8.87. The Bertz CT molecular complexity index is 2070. The molecule has 4 heteroatoms. The Morgan fingerprint density at radius 3 is 2.10 bits per heavy atom. The smallest absolute Gasteiger partial charge is 0.208 e. The maximum absolute atomic E-state index is 5.30. The summed E-state index contributed by atoms with van der Waals surface area (Å²) in [6, 6.07) is 47.1. The van der Waals surface area contributed by atoms with Gasteiger partial charge in [0.1, 0.15) is 0 Å². The summed E-state index contributed by atoms with van der Waals surface area (Å²) < 4.78 is 3.61. The Morgan fingerprint density at radius 1 is 0.650 bits per heavy atom. The van der Waals surface area contributed by atoms with E-state index in [1.807, 2.05) is 11.3 Å². The number of hydrogen-bond acceptors (Lipinski definition) is 3. The molecule has 2 aromatic heterocycles. The fraction of sp³-hybridized carbons (Fsp3) is 0.0278. The summed E-state index contributed by atoms with van der Waals surface area (Å²) >= 11 is 1.86. The summed E-state index contributed by atoms with van der Waals surface area (Å²) in [5.41, 5.74) is 6.93. The van der Waals surface area contributed by atoms with Crippen LogP contribution < -0.4 is 5.32 Å². The fourth-order valence-corrected chi connectivity index (χ4v) is 6.99. The lowest BCUT2D eigenvalue weighted by Crippen LogP contribution is -2.32. The van der Waals surface area contributed by atoms with Crippen molar-refractivity contribution >= 4 is 54.9 Å². The molecule has 0 amide bonds. The Morgan fingerprint density at radius 2 is 1.32 bits per heavy atom. The molecule has 190 valence electrons. The molecule has 1 unspecified atom stereocenters. The number of para-hydroxylation sites is 1. The molecule has 0 aliphatic carbocycles. The first-order valence-electron chi connectivity index (χ1n) is 13.5. The lowest BCUT2D eigenvalue weighted by atomic mass is 10.0. The Kier molecular flexibility index (Phi) is 5.39. The van der Waals surface area contributed by atoms with Crippen LogP contribution in [0.2, 0.25) is 0 Å². The van der Waals surface area contributed by atoms with E-state index >= 15 is 0 Å². The van der Waals surface area contributed by atoms with Crippen LogP contribution in [0.4, 0.5) is 0 Å². The molecule has 3 nitrogen and oxygen atoms in total. The number of nitrogens with zero attached hydrogens (tertiary/aromatic N) is 2. The second-order valence-electron chi connectivity index (χ2n) is 10.1. The molecule has 0 fully saturated rings. The van der Waals surface area contributed by atoms with Gasteiger partial charge in [-0.1, -0.05) is 115 Å². The first-order chi connectivity index (χ1) is 19.8. The molecule has 0 bridgehead atoms. The molecule has 1 N–H and O–H groups in total. The average Bonchev–Trinajstić information content (AvgIpc) is 3.62. The zero-order valence-electron chi connectivity index (χ0n) is 21.7. The van der Waals surface area contributed by atoms with Crippen LogP contribution in [0.15, 0.2) is 145 Å². The van der Waals surface area contributed by atoms with Crippen molar-refractivity contribution in [1.82, 2.24) is 9.88 Å². The highest BCUT2D eigenvalue weighted by atomic mass is 32.1. The van der Waals surface area contributed by atoms with Gasteiger partial charge in [-0.15, -0.1) is 11.3 Å². The van der Waals surface area contributed by atoms with Crippen molar-refractivity contribution in [1.29, 1.82) is 0 Å². The van der Waals surface area contributed by atoms with Crippen LogP contribution in [0, 0.1) is 0 Å². The van der Waals surface area contributed by atoms with Crippen LogP contribution in [0.1, 0.15) is 17.2 Å². The van der Waals surface area contributed by atoms with E-state index in [1.165, 1.54) is 36.9 Å². The fourth-order valence-electron chi connectivity index (χ4n) is 5.76. The monoisotopic (exact) mass is 531 g/mol. The van der Waals surface area contributed by atoms with Crippen molar-refractivity contribution in [2.45, 2.75) is 6.04 Å². The van der Waals surface area contributed by atoms with Gasteiger partial charge in [0.05, 0.1) is 17.1 Å². The minimum atomic E-state index is -0.0981. The summed E-state index contributed by atoms with van der Waals surface area (Å²) in [4.78, 5) is 6.58.